The van der Waals surface area contributed by atoms with Crippen molar-refractivity contribution >= 4 is 22.4 Å². The van der Waals surface area contributed by atoms with Crippen molar-refractivity contribution in [3.8, 4) is 0 Å². The molecule has 0 radical (unpaired) electrons. The monoisotopic (exact) mass is 350 g/mol. The van der Waals surface area contributed by atoms with Crippen molar-refractivity contribution in [2.75, 3.05) is 6.54 Å². The van der Waals surface area contributed by atoms with Gasteiger partial charge in [0.15, 0.2) is 0 Å². The van der Waals surface area contributed by atoms with Gasteiger partial charge in [-0.3, -0.25) is 0 Å². The van der Waals surface area contributed by atoms with Gasteiger partial charge in [0, 0.05) is 12.1 Å². The number of benzene rings is 1. The normalized spacial score (nSPS) is 25.5. The third-order valence-corrected chi connectivity index (χ3v) is 6.17. The van der Waals surface area contributed by atoms with Crippen LogP contribution in [-0.4, -0.2) is 20.5 Å². The van der Waals surface area contributed by atoms with Crippen LogP contribution in [0, 0.1) is 18.7 Å². The number of sulfonamides is 1. The van der Waals surface area contributed by atoms with Crippen molar-refractivity contribution < 1.29 is 12.8 Å². The average Bonchev–Trinajstić information content (AvgIpc) is 2.44. The van der Waals surface area contributed by atoms with Crippen LogP contribution in [0.5, 0.6) is 0 Å². The number of hydrogen-bond acceptors (Lipinski definition) is 3. The number of aryl methyl sites for hydroxylation is 1. The second-order valence-electron chi connectivity index (χ2n) is 6.00. The molecular formula is C15H24ClFN2O2S. The minimum absolute atomic E-state index is 0. The molecule has 0 amide bonds. The van der Waals surface area contributed by atoms with Crippen LogP contribution in [0.15, 0.2) is 23.1 Å². The Bertz CT molecular complexity index is 624. The van der Waals surface area contributed by atoms with Crippen LogP contribution in [-0.2, 0) is 10.0 Å². The molecule has 1 fully saturated rings. The van der Waals surface area contributed by atoms with Gasteiger partial charge >= 0.3 is 0 Å². The second kappa shape index (κ2) is 7.25. The molecule has 3 N–H and O–H groups in total. The van der Waals surface area contributed by atoms with E-state index in [0.717, 1.165) is 19.3 Å². The third-order valence-electron chi connectivity index (χ3n) is 4.60. The van der Waals surface area contributed by atoms with Gasteiger partial charge in [0.2, 0.25) is 10.0 Å². The topological polar surface area (TPSA) is 72.2 Å². The first-order valence-corrected chi connectivity index (χ1v) is 8.80. The molecule has 0 saturated heterocycles. The highest BCUT2D eigenvalue weighted by molar-refractivity contribution is 7.89. The molecule has 0 heterocycles. The van der Waals surface area contributed by atoms with Gasteiger partial charge in [-0.15, -0.1) is 12.4 Å². The Hall–Kier alpha value is -0.690. The van der Waals surface area contributed by atoms with Crippen molar-refractivity contribution in [3.63, 3.8) is 0 Å². The Kier molecular flexibility index (Phi) is 6.38. The molecule has 0 bridgehead atoms. The second-order valence-corrected chi connectivity index (χ2v) is 7.65. The van der Waals surface area contributed by atoms with E-state index in [0.29, 0.717) is 12.0 Å². The van der Waals surface area contributed by atoms with Crippen LogP contribution in [0.4, 0.5) is 4.39 Å². The lowest BCUT2D eigenvalue weighted by molar-refractivity contribution is 0.191. The van der Waals surface area contributed by atoms with Crippen molar-refractivity contribution in [1.29, 1.82) is 0 Å². The van der Waals surface area contributed by atoms with Gasteiger partial charge in [0.25, 0.3) is 0 Å². The largest absolute Gasteiger partial charge is 0.329 e. The summed E-state index contributed by atoms with van der Waals surface area (Å²) in [5, 5.41) is 0. The number of rotatable bonds is 4. The summed E-state index contributed by atoms with van der Waals surface area (Å²) in [6.07, 6.45) is 3.62. The highest BCUT2D eigenvalue weighted by atomic mass is 35.5. The van der Waals surface area contributed by atoms with Crippen molar-refractivity contribution in [3.05, 3.63) is 29.6 Å². The first kappa shape index (κ1) is 19.4. The molecular weight excluding hydrogens is 327 g/mol. The van der Waals surface area contributed by atoms with Crippen LogP contribution in [0.3, 0.4) is 0 Å². The highest BCUT2D eigenvalue weighted by Crippen LogP contribution is 2.34. The summed E-state index contributed by atoms with van der Waals surface area (Å²) in [7, 11) is -3.92. The Morgan fingerprint density at radius 1 is 1.41 bits per heavy atom. The van der Waals surface area contributed by atoms with Gasteiger partial charge < -0.3 is 5.73 Å². The fourth-order valence-corrected chi connectivity index (χ4v) is 4.75. The summed E-state index contributed by atoms with van der Waals surface area (Å²) in [5.41, 5.74) is 5.50. The summed E-state index contributed by atoms with van der Waals surface area (Å²) in [6.45, 7) is 3.78. The van der Waals surface area contributed by atoms with Gasteiger partial charge in [0.1, 0.15) is 10.7 Å². The molecule has 2 rings (SSSR count). The zero-order chi connectivity index (χ0) is 15.7. The maximum absolute atomic E-state index is 14.1. The maximum Gasteiger partial charge on any atom is 0.244 e. The summed E-state index contributed by atoms with van der Waals surface area (Å²) < 4.78 is 42.0. The minimum atomic E-state index is -3.92. The van der Waals surface area contributed by atoms with E-state index in [1.165, 1.54) is 6.07 Å². The van der Waals surface area contributed by atoms with Crippen molar-refractivity contribution in [1.82, 2.24) is 4.72 Å². The molecule has 2 unspecified atom stereocenters. The predicted molar refractivity (Wildman–Crippen MR) is 88.1 cm³/mol. The molecule has 1 aromatic rings. The number of hydrogen-bond donors (Lipinski definition) is 2. The molecule has 1 saturated carbocycles. The van der Waals surface area contributed by atoms with Crippen molar-refractivity contribution in [2.24, 2.45) is 11.7 Å². The van der Waals surface area contributed by atoms with E-state index in [4.69, 9.17) is 5.73 Å². The molecule has 2 atom stereocenters. The molecule has 0 aliphatic heterocycles. The zero-order valence-electron chi connectivity index (χ0n) is 12.9. The van der Waals surface area contributed by atoms with E-state index in [1.807, 2.05) is 6.92 Å². The van der Waals surface area contributed by atoms with Gasteiger partial charge in [-0.1, -0.05) is 31.9 Å². The molecule has 0 spiro atoms. The fraction of sp³-hybridized carbons (Fsp3) is 0.600. The first-order valence-electron chi connectivity index (χ1n) is 7.31. The van der Waals surface area contributed by atoms with Gasteiger partial charge in [0.05, 0.1) is 0 Å². The summed E-state index contributed by atoms with van der Waals surface area (Å²) in [6, 6.07) is 4.39. The van der Waals surface area contributed by atoms with Crippen LogP contribution >= 0.6 is 12.4 Å². The average molecular weight is 351 g/mol. The molecule has 126 valence electrons. The first-order chi connectivity index (χ1) is 9.82. The van der Waals surface area contributed by atoms with E-state index in [-0.39, 0.29) is 29.8 Å². The van der Waals surface area contributed by atoms with Gasteiger partial charge in [-0.2, -0.15) is 0 Å². The highest BCUT2D eigenvalue weighted by Gasteiger charge is 2.41. The molecule has 1 aliphatic carbocycles. The summed E-state index contributed by atoms with van der Waals surface area (Å²) >= 11 is 0. The van der Waals surface area contributed by atoms with Crippen LogP contribution in [0.25, 0.3) is 0 Å². The molecule has 7 heteroatoms. The van der Waals surface area contributed by atoms with E-state index in [9.17, 15) is 12.8 Å². The smallest absolute Gasteiger partial charge is 0.244 e. The lowest BCUT2D eigenvalue weighted by Crippen LogP contribution is -2.59. The predicted octanol–water partition coefficient (Wildman–Crippen LogP) is 2.74. The third kappa shape index (κ3) is 3.62. The lowest BCUT2D eigenvalue weighted by Gasteiger charge is -2.42. The van der Waals surface area contributed by atoms with Crippen LogP contribution < -0.4 is 10.5 Å². The molecule has 0 aromatic heterocycles. The van der Waals surface area contributed by atoms with E-state index in [2.05, 4.69) is 4.72 Å². The Labute approximate surface area is 138 Å². The SMILES string of the molecule is Cc1cccc(S(=O)(=O)NC2(CN)CCCCC2C)c1F.Cl. The minimum Gasteiger partial charge on any atom is -0.329 e. The van der Waals surface area contributed by atoms with Crippen LogP contribution in [0.1, 0.15) is 38.2 Å². The Morgan fingerprint density at radius 3 is 2.68 bits per heavy atom. The van der Waals surface area contributed by atoms with E-state index < -0.39 is 21.4 Å². The molecule has 1 aliphatic rings. The maximum atomic E-state index is 14.1. The van der Waals surface area contributed by atoms with Gasteiger partial charge in [-0.25, -0.2) is 17.5 Å². The summed E-state index contributed by atoms with van der Waals surface area (Å²) in [4.78, 5) is -0.298. The number of halogens is 2. The number of nitrogens with two attached hydrogens (primary N) is 1. The Balaban J connectivity index is 0.00000242. The van der Waals surface area contributed by atoms with Crippen LogP contribution in [0.2, 0.25) is 0 Å². The fourth-order valence-electron chi connectivity index (χ4n) is 3.06. The quantitative estimate of drug-likeness (QED) is 0.877. The Morgan fingerprint density at radius 2 is 2.09 bits per heavy atom. The molecule has 4 nitrogen and oxygen atoms in total. The van der Waals surface area contributed by atoms with Gasteiger partial charge in [-0.05, 0) is 37.3 Å². The molecule has 1 aromatic carbocycles. The lowest BCUT2D eigenvalue weighted by atomic mass is 9.74. The standard InChI is InChI=1S/C15H23FN2O2S.ClH/c1-11-6-5-8-13(14(11)16)21(19,20)18-15(10-17)9-4-3-7-12(15)2;/h5-6,8,12,18H,3-4,7,9-10,17H2,1-2H3;1H. The van der Waals surface area contributed by atoms with Crippen molar-refractivity contribution in [2.45, 2.75) is 50.0 Å². The number of nitrogens with one attached hydrogen (secondary N) is 1. The summed E-state index contributed by atoms with van der Waals surface area (Å²) in [5.74, 6) is -0.556. The zero-order valence-corrected chi connectivity index (χ0v) is 14.6. The van der Waals surface area contributed by atoms with E-state index >= 15 is 0 Å². The molecule has 22 heavy (non-hydrogen) atoms. The van der Waals surface area contributed by atoms with E-state index in [1.54, 1.807) is 19.1 Å².